The van der Waals surface area contributed by atoms with E-state index in [-0.39, 0.29) is 11.5 Å². The second-order valence-electron chi connectivity index (χ2n) is 3.98. The molecule has 2 rings (SSSR count). The molecule has 0 heterocycles. The van der Waals surface area contributed by atoms with E-state index in [1.807, 2.05) is 13.0 Å². The summed E-state index contributed by atoms with van der Waals surface area (Å²) < 4.78 is 9.95. The Kier molecular flexibility index (Phi) is 2.67. The number of methoxy groups -OCH3 is 2. The highest BCUT2D eigenvalue weighted by Gasteiger charge is 2.57. The van der Waals surface area contributed by atoms with Crippen molar-refractivity contribution in [2.75, 3.05) is 14.2 Å². The normalized spacial score (nSPS) is 23.4. The van der Waals surface area contributed by atoms with Crippen molar-refractivity contribution in [2.24, 2.45) is 0 Å². The number of carbonyl (C=O) groups excluding carboxylic acids is 1. The maximum absolute atomic E-state index is 11.9. The summed E-state index contributed by atoms with van der Waals surface area (Å²) in [5, 5.41) is 10.4. The summed E-state index contributed by atoms with van der Waals surface area (Å²) in [6.07, 6.45) is 0. The smallest absolute Gasteiger partial charge is 0.245 e. The van der Waals surface area contributed by atoms with Crippen LogP contribution in [0, 0.1) is 6.92 Å². The van der Waals surface area contributed by atoms with Gasteiger partial charge in [0.2, 0.25) is 17.1 Å². The van der Waals surface area contributed by atoms with E-state index >= 15 is 0 Å². The Morgan fingerprint density at radius 3 is 2.47 bits per heavy atom. The first-order valence-electron chi connectivity index (χ1n) is 5.22. The predicted octanol–water partition coefficient (Wildman–Crippen LogP) is 1.27. The van der Waals surface area contributed by atoms with Gasteiger partial charge < -0.3 is 14.6 Å². The van der Waals surface area contributed by atoms with Crippen molar-refractivity contribution in [2.45, 2.75) is 12.5 Å². The molecule has 4 heteroatoms. The van der Waals surface area contributed by atoms with Crippen LogP contribution >= 0.6 is 0 Å². The third-order valence-corrected chi connectivity index (χ3v) is 2.91. The van der Waals surface area contributed by atoms with Gasteiger partial charge in [0.1, 0.15) is 0 Å². The van der Waals surface area contributed by atoms with E-state index < -0.39 is 11.4 Å². The zero-order valence-electron chi connectivity index (χ0n) is 9.98. The number of aliphatic hydroxyl groups is 1. The van der Waals surface area contributed by atoms with Gasteiger partial charge >= 0.3 is 0 Å². The number of ketones is 1. The molecule has 0 aliphatic heterocycles. The van der Waals surface area contributed by atoms with Gasteiger partial charge in [0, 0.05) is 0 Å². The number of rotatable bonds is 3. The highest BCUT2D eigenvalue weighted by atomic mass is 16.5. The van der Waals surface area contributed by atoms with Crippen LogP contribution in [0.1, 0.15) is 11.1 Å². The van der Waals surface area contributed by atoms with Crippen molar-refractivity contribution < 1.29 is 19.4 Å². The summed E-state index contributed by atoms with van der Waals surface area (Å²) in [6.45, 7) is 1.89. The number of Topliss-reactive ketones (excluding diaryl/α,β-unsaturated/α-hetero) is 1. The van der Waals surface area contributed by atoms with Gasteiger partial charge in [-0.15, -0.1) is 0 Å². The zero-order chi connectivity index (χ0) is 12.6. The van der Waals surface area contributed by atoms with Crippen molar-refractivity contribution >= 4 is 5.78 Å². The lowest BCUT2D eigenvalue weighted by Crippen LogP contribution is -2.49. The van der Waals surface area contributed by atoms with Crippen LogP contribution in [0.25, 0.3) is 0 Å². The van der Waals surface area contributed by atoms with Gasteiger partial charge in [-0.2, -0.15) is 0 Å². The first kappa shape index (κ1) is 11.7. The highest BCUT2D eigenvalue weighted by Crippen LogP contribution is 2.43. The number of carbonyl (C=O) groups is 1. The Morgan fingerprint density at radius 1 is 1.24 bits per heavy atom. The van der Waals surface area contributed by atoms with E-state index in [1.165, 1.54) is 14.2 Å². The molecule has 0 spiro atoms. The fourth-order valence-electron chi connectivity index (χ4n) is 2.03. The molecule has 1 unspecified atom stereocenters. The summed E-state index contributed by atoms with van der Waals surface area (Å²) >= 11 is 0. The molecule has 1 aromatic carbocycles. The molecule has 1 atom stereocenters. The number of ether oxygens (including phenoxy) is 2. The maximum atomic E-state index is 11.9. The fourth-order valence-corrected chi connectivity index (χ4v) is 2.03. The van der Waals surface area contributed by atoms with Gasteiger partial charge in [0.25, 0.3) is 0 Å². The average Bonchev–Trinajstić information content (AvgIpc) is 2.33. The largest absolute Gasteiger partial charge is 0.493 e. The summed E-state index contributed by atoms with van der Waals surface area (Å²) in [5.74, 6) is -0.227. The van der Waals surface area contributed by atoms with E-state index in [0.29, 0.717) is 5.56 Å². The SMILES string of the molecule is COC1=C(OC)C(O)(c2cccc(C)c2)C1=O. The molecule has 1 aromatic rings. The van der Waals surface area contributed by atoms with Crippen LogP contribution in [-0.2, 0) is 19.9 Å². The molecular formula is C13H14O4. The van der Waals surface area contributed by atoms with Crippen molar-refractivity contribution in [3.05, 3.63) is 46.9 Å². The van der Waals surface area contributed by atoms with Gasteiger partial charge in [0.15, 0.2) is 5.76 Å². The van der Waals surface area contributed by atoms with Crippen LogP contribution in [0.2, 0.25) is 0 Å². The molecule has 0 saturated carbocycles. The Balaban J connectivity index is 2.53. The van der Waals surface area contributed by atoms with Gasteiger partial charge in [-0.05, 0) is 12.5 Å². The molecule has 0 amide bonds. The summed E-state index contributed by atoms with van der Waals surface area (Å²) in [7, 11) is 2.78. The first-order chi connectivity index (χ1) is 8.05. The molecule has 1 aliphatic carbocycles. The summed E-state index contributed by atoms with van der Waals surface area (Å²) in [4.78, 5) is 11.9. The van der Waals surface area contributed by atoms with Crippen LogP contribution in [-0.4, -0.2) is 25.1 Å². The van der Waals surface area contributed by atoms with E-state index in [2.05, 4.69) is 0 Å². The van der Waals surface area contributed by atoms with Crippen LogP contribution in [0.4, 0.5) is 0 Å². The zero-order valence-corrected chi connectivity index (χ0v) is 9.98. The topological polar surface area (TPSA) is 55.8 Å². The third kappa shape index (κ3) is 1.45. The van der Waals surface area contributed by atoms with Crippen LogP contribution in [0.3, 0.4) is 0 Å². The van der Waals surface area contributed by atoms with Gasteiger partial charge in [-0.3, -0.25) is 4.79 Å². The molecule has 0 aromatic heterocycles. The molecule has 1 aliphatic rings. The molecule has 90 valence electrons. The van der Waals surface area contributed by atoms with E-state index in [0.717, 1.165) is 5.56 Å². The van der Waals surface area contributed by atoms with E-state index in [4.69, 9.17) is 9.47 Å². The lowest BCUT2D eigenvalue weighted by molar-refractivity contribution is -0.146. The molecule has 1 N–H and O–H groups in total. The van der Waals surface area contributed by atoms with Crippen LogP contribution < -0.4 is 0 Å². The number of hydrogen-bond donors (Lipinski definition) is 1. The van der Waals surface area contributed by atoms with Crippen molar-refractivity contribution in [3.63, 3.8) is 0 Å². The second-order valence-corrected chi connectivity index (χ2v) is 3.98. The standard InChI is InChI=1S/C13H14O4/c1-8-5-4-6-9(7-8)13(15)11(14)10(16-2)12(13)17-3/h4-7,15H,1-3H3. The van der Waals surface area contributed by atoms with E-state index in [1.54, 1.807) is 18.2 Å². The predicted molar refractivity (Wildman–Crippen MR) is 61.1 cm³/mol. The molecule has 0 fully saturated rings. The fraction of sp³-hybridized carbons (Fsp3) is 0.308. The minimum absolute atomic E-state index is 0.0801. The number of hydrogen-bond acceptors (Lipinski definition) is 4. The Morgan fingerprint density at radius 2 is 1.94 bits per heavy atom. The van der Waals surface area contributed by atoms with Gasteiger partial charge in [-0.1, -0.05) is 29.8 Å². The Hall–Kier alpha value is -1.81. The molecule has 4 nitrogen and oxygen atoms in total. The lowest BCUT2D eigenvalue weighted by Gasteiger charge is -2.37. The van der Waals surface area contributed by atoms with Crippen molar-refractivity contribution in [3.8, 4) is 0 Å². The number of benzene rings is 1. The summed E-state index contributed by atoms with van der Waals surface area (Å²) in [5.41, 5.74) is -0.239. The number of aryl methyl sites for hydroxylation is 1. The van der Waals surface area contributed by atoms with Crippen LogP contribution in [0.15, 0.2) is 35.8 Å². The monoisotopic (exact) mass is 234 g/mol. The molecule has 0 saturated heterocycles. The maximum Gasteiger partial charge on any atom is 0.245 e. The molecule has 0 radical (unpaired) electrons. The quantitative estimate of drug-likeness (QED) is 0.855. The average molecular weight is 234 g/mol. The van der Waals surface area contributed by atoms with Crippen molar-refractivity contribution in [1.29, 1.82) is 0 Å². The highest BCUT2D eigenvalue weighted by molar-refractivity contribution is 6.10. The van der Waals surface area contributed by atoms with Crippen molar-refractivity contribution in [1.82, 2.24) is 0 Å². The Bertz CT molecular complexity index is 504. The lowest BCUT2D eigenvalue weighted by atomic mass is 9.77. The minimum Gasteiger partial charge on any atom is -0.493 e. The van der Waals surface area contributed by atoms with Gasteiger partial charge in [0.05, 0.1) is 14.2 Å². The molecular weight excluding hydrogens is 220 g/mol. The first-order valence-corrected chi connectivity index (χ1v) is 5.22. The summed E-state index contributed by atoms with van der Waals surface area (Å²) in [6, 6.07) is 7.12. The second kappa shape index (κ2) is 3.89. The van der Waals surface area contributed by atoms with E-state index in [9.17, 15) is 9.90 Å². The third-order valence-electron chi connectivity index (χ3n) is 2.91. The van der Waals surface area contributed by atoms with Gasteiger partial charge in [-0.25, -0.2) is 0 Å². The minimum atomic E-state index is -1.70. The Labute approximate surface area is 99.5 Å². The molecule has 17 heavy (non-hydrogen) atoms. The van der Waals surface area contributed by atoms with Crippen LogP contribution in [0.5, 0.6) is 0 Å². The molecule has 0 bridgehead atoms.